The molecule has 0 spiro atoms. The minimum absolute atomic E-state index is 0.182. The number of piperidine rings is 1. The molecular weight excluding hydrogens is 555 g/mol. The van der Waals surface area contributed by atoms with E-state index < -0.39 is 0 Å². The van der Waals surface area contributed by atoms with Crippen molar-refractivity contribution in [2.24, 2.45) is 0 Å². The number of carbonyl (C=O) groups excluding carboxylic acids is 2. The van der Waals surface area contributed by atoms with Crippen LogP contribution in [-0.4, -0.2) is 73.2 Å². The zero-order chi connectivity index (χ0) is 29.1. The highest BCUT2D eigenvalue weighted by atomic mass is 35.5. The van der Waals surface area contributed by atoms with E-state index in [9.17, 15) is 14.0 Å². The van der Waals surface area contributed by atoms with E-state index in [0.29, 0.717) is 35.8 Å². The molecule has 2 amide bonds. The van der Waals surface area contributed by atoms with Crippen molar-refractivity contribution in [1.29, 1.82) is 0 Å². The average Bonchev–Trinajstić information content (AvgIpc) is 3.02. The molecule has 0 saturated carbocycles. The minimum atomic E-state index is -0.385. The van der Waals surface area contributed by atoms with Gasteiger partial charge in [0.25, 0.3) is 0 Å². The lowest BCUT2D eigenvalue weighted by molar-refractivity contribution is -0.0289. The van der Waals surface area contributed by atoms with Crippen LogP contribution in [0.4, 0.5) is 20.6 Å². The summed E-state index contributed by atoms with van der Waals surface area (Å²) in [5.41, 5.74) is 2.14. The molecule has 0 aliphatic carbocycles. The number of urea groups is 1. The number of nitrogens with one attached hydrogen (secondary N) is 1. The Bertz CT molecular complexity index is 1570. The minimum Gasteiger partial charge on any atom is -0.457 e. The van der Waals surface area contributed by atoms with Crippen molar-refractivity contribution in [2.75, 3.05) is 49.5 Å². The molecule has 9 heteroatoms. The van der Waals surface area contributed by atoms with Crippen molar-refractivity contribution in [3.05, 3.63) is 107 Å². The average molecular weight is 587 g/mol. The van der Waals surface area contributed by atoms with Crippen molar-refractivity contribution < 1.29 is 18.7 Å². The molecule has 2 heterocycles. The van der Waals surface area contributed by atoms with Gasteiger partial charge in [-0.15, -0.1) is 0 Å². The van der Waals surface area contributed by atoms with Crippen LogP contribution in [0.25, 0.3) is 10.8 Å². The number of piperazine rings is 1. The number of anilines is 2. The third-order valence-electron chi connectivity index (χ3n) is 8.13. The first kappa shape index (κ1) is 28.0. The molecule has 2 aliphatic rings. The molecule has 2 fully saturated rings. The molecule has 2 atom stereocenters. The molecule has 6 rings (SSSR count). The molecule has 4 aromatic rings. The van der Waals surface area contributed by atoms with Crippen molar-refractivity contribution >= 4 is 45.7 Å². The van der Waals surface area contributed by atoms with Crippen LogP contribution >= 0.6 is 11.6 Å². The van der Waals surface area contributed by atoms with Crippen LogP contribution in [0.1, 0.15) is 16.8 Å². The summed E-state index contributed by atoms with van der Waals surface area (Å²) in [4.78, 5) is 33.1. The summed E-state index contributed by atoms with van der Waals surface area (Å²) in [7, 11) is 0. The Morgan fingerprint density at radius 2 is 1.60 bits per heavy atom. The standard InChI is InChI=1S/C33H32ClFN4O3/c34-24-7-4-8-27(21-24)37-17-19-38(20-18-37)30-22-39(33(41)36-26-13-11-25(35)12-14-26)16-15-31(30)42-32(40)29-10-3-6-23-5-1-2-9-28(23)29/h1-14,21,30-31H,15-20,22H2,(H,36,41)/t30-,31-/m1/s1. The van der Waals surface area contributed by atoms with Gasteiger partial charge in [0.15, 0.2) is 0 Å². The molecule has 0 bridgehead atoms. The first-order chi connectivity index (χ1) is 20.4. The summed E-state index contributed by atoms with van der Waals surface area (Å²) >= 11 is 6.23. The van der Waals surface area contributed by atoms with Gasteiger partial charge in [0.05, 0.1) is 11.6 Å². The van der Waals surface area contributed by atoms with Crippen LogP contribution in [0.2, 0.25) is 5.02 Å². The van der Waals surface area contributed by atoms with Crippen LogP contribution in [0.3, 0.4) is 0 Å². The first-order valence-electron chi connectivity index (χ1n) is 14.2. The fourth-order valence-corrected chi connectivity index (χ4v) is 6.09. The summed E-state index contributed by atoms with van der Waals surface area (Å²) in [6.45, 7) is 3.88. The highest BCUT2D eigenvalue weighted by molar-refractivity contribution is 6.30. The second kappa shape index (κ2) is 12.4. The van der Waals surface area contributed by atoms with Crippen LogP contribution < -0.4 is 10.2 Å². The van der Waals surface area contributed by atoms with E-state index in [1.54, 1.807) is 23.1 Å². The summed E-state index contributed by atoms with van der Waals surface area (Å²) in [5.74, 6) is -0.720. The molecule has 0 aromatic heterocycles. The van der Waals surface area contributed by atoms with Crippen LogP contribution in [0, 0.1) is 5.82 Å². The number of ether oxygens (including phenoxy) is 1. The number of likely N-dealkylation sites (tertiary alicyclic amines) is 1. The number of carbonyl (C=O) groups is 2. The van der Waals surface area contributed by atoms with E-state index in [4.69, 9.17) is 16.3 Å². The van der Waals surface area contributed by atoms with E-state index in [1.165, 1.54) is 12.1 Å². The molecule has 2 aliphatic heterocycles. The van der Waals surface area contributed by atoms with Crippen molar-refractivity contribution in [2.45, 2.75) is 18.6 Å². The molecule has 42 heavy (non-hydrogen) atoms. The van der Waals surface area contributed by atoms with Crippen molar-refractivity contribution in [1.82, 2.24) is 9.80 Å². The fourth-order valence-electron chi connectivity index (χ4n) is 5.91. The van der Waals surface area contributed by atoms with E-state index >= 15 is 0 Å². The predicted octanol–water partition coefficient (Wildman–Crippen LogP) is 6.29. The van der Waals surface area contributed by atoms with Gasteiger partial charge in [0.2, 0.25) is 0 Å². The van der Waals surface area contributed by atoms with Crippen LogP contribution in [0.15, 0.2) is 91.0 Å². The van der Waals surface area contributed by atoms with Gasteiger partial charge in [-0.1, -0.05) is 54.1 Å². The Morgan fingerprint density at radius 1 is 0.857 bits per heavy atom. The number of nitrogens with zero attached hydrogens (tertiary/aromatic N) is 3. The monoisotopic (exact) mass is 586 g/mol. The summed E-state index contributed by atoms with van der Waals surface area (Å²) in [6.07, 6.45) is 0.121. The number of halogens is 2. The lowest BCUT2D eigenvalue weighted by Crippen LogP contribution is -2.61. The second-order valence-corrected chi connectivity index (χ2v) is 11.1. The van der Waals surface area contributed by atoms with E-state index in [1.807, 2.05) is 54.6 Å². The maximum atomic E-state index is 13.5. The normalized spacial score (nSPS) is 19.5. The van der Waals surface area contributed by atoms with E-state index in [2.05, 4.69) is 21.2 Å². The van der Waals surface area contributed by atoms with Gasteiger partial charge in [-0.3, -0.25) is 4.90 Å². The van der Waals surface area contributed by atoms with Gasteiger partial charge in [-0.05, 0) is 59.3 Å². The Morgan fingerprint density at radius 3 is 2.38 bits per heavy atom. The maximum absolute atomic E-state index is 13.5. The van der Waals surface area contributed by atoms with Crippen molar-refractivity contribution in [3.8, 4) is 0 Å². The summed E-state index contributed by atoms with van der Waals surface area (Å²) in [5, 5.41) is 5.40. The summed E-state index contributed by atoms with van der Waals surface area (Å²) < 4.78 is 19.6. The summed E-state index contributed by atoms with van der Waals surface area (Å²) in [6, 6.07) is 26.5. The SMILES string of the molecule is O=C(O[C@@H]1CCN(C(=O)Nc2ccc(F)cc2)C[C@H]1N1CCN(c2cccc(Cl)c2)CC1)c1cccc2ccccc12. The smallest absolute Gasteiger partial charge is 0.339 e. The molecular formula is C33H32ClFN4O3. The van der Waals surface area contributed by atoms with Gasteiger partial charge in [-0.2, -0.15) is 0 Å². The Balaban J connectivity index is 1.19. The molecule has 0 unspecified atom stereocenters. The highest BCUT2D eigenvalue weighted by Crippen LogP contribution is 2.27. The third-order valence-corrected chi connectivity index (χ3v) is 8.36. The number of benzene rings is 4. The zero-order valence-electron chi connectivity index (χ0n) is 23.1. The number of hydrogen-bond donors (Lipinski definition) is 1. The highest BCUT2D eigenvalue weighted by Gasteiger charge is 2.39. The lowest BCUT2D eigenvalue weighted by Gasteiger charge is -2.46. The van der Waals surface area contributed by atoms with Gasteiger partial charge in [0, 0.05) is 62.1 Å². The quantitative estimate of drug-likeness (QED) is 0.279. The zero-order valence-corrected chi connectivity index (χ0v) is 23.8. The Kier molecular flexibility index (Phi) is 8.26. The molecule has 216 valence electrons. The van der Waals surface area contributed by atoms with E-state index in [-0.39, 0.29) is 30.0 Å². The predicted molar refractivity (Wildman–Crippen MR) is 164 cm³/mol. The molecule has 4 aromatic carbocycles. The maximum Gasteiger partial charge on any atom is 0.339 e. The van der Waals surface area contributed by atoms with Crippen molar-refractivity contribution in [3.63, 3.8) is 0 Å². The number of hydrogen-bond acceptors (Lipinski definition) is 5. The number of esters is 1. The molecule has 1 N–H and O–H groups in total. The number of amides is 2. The number of rotatable bonds is 5. The molecule has 0 radical (unpaired) electrons. The second-order valence-electron chi connectivity index (χ2n) is 10.7. The largest absolute Gasteiger partial charge is 0.457 e. The van der Waals surface area contributed by atoms with E-state index in [0.717, 1.165) is 42.6 Å². The fraction of sp³-hybridized carbons (Fsp3) is 0.273. The Labute approximate surface area is 249 Å². The first-order valence-corrected chi connectivity index (χ1v) is 14.6. The Hall–Kier alpha value is -4.14. The van der Waals surface area contributed by atoms with Crippen LogP contribution in [0.5, 0.6) is 0 Å². The van der Waals surface area contributed by atoms with Crippen LogP contribution in [-0.2, 0) is 4.74 Å². The van der Waals surface area contributed by atoms with Gasteiger partial charge < -0.3 is 19.9 Å². The molecule has 7 nitrogen and oxygen atoms in total. The topological polar surface area (TPSA) is 65.1 Å². The third kappa shape index (κ3) is 6.20. The lowest BCUT2D eigenvalue weighted by atomic mass is 9.99. The van der Waals surface area contributed by atoms with Gasteiger partial charge >= 0.3 is 12.0 Å². The van der Waals surface area contributed by atoms with Gasteiger partial charge in [-0.25, -0.2) is 14.0 Å². The number of fused-ring (bicyclic) bond motifs is 1. The molecule has 2 saturated heterocycles. The van der Waals surface area contributed by atoms with Gasteiger partial charge in [0.1, 0.15) is 11.9 Å².